The highest BCUT2D eigenvalue weighted by molar-refractivity contribution is 5.51. The molecule has 0 bridgehead atoms. The smallest absolute Gasteiger partial charge is 0.123 e. The Balaban J connectivity index is 1.79. The van der Waals surface area contributed by atoms with E-state index < -0.39 is 0 Å². The molecule has 1 unspecified atom stereocenters. The van der Waals surface area contributed by atoms with Crippen molar-refractivity contribution in [1.82, 2.24) is 20.1 Å². The van der Waals surface area contributed by atoms with Gasteiger partial charge in [0.25, 0.3) is 0 Å². The SMILES string of the molecule is c1cc(NC2CCNC2)cc(-n2cnnc2)c1. The molecule has 1 saturated heterocycles. The molecule has 0 radical (unpaired) electrons. The van der Waals surface area contributed by atoms with Gasteiger partial charge < -0.3 is 10.6 Å². The lowest BCUT2D eigenvalue weighted by molar-refractivity contribution is 0.793. The lowest BCUT2D eigenvalue weighted by Gasteiger charge is -2.13. The zero-order chi connectivity index (χ0) is 11.5. The Hall–Kier alpha value is -1.88. The number of anilines is 1. The van der Waals surface area contributed by atoms with Crippen LogP contribution in [0.4, 0.5) is 5.69 Å². The normalized spacial score (nSPS) is 19.4. The summed E-state index contributed by atoms with van der Waals surface area (Å²) in [7, 11) is 0. The second-order valence-electron chi connectivity index (χ2n) is 4.25. The van der Waals surface area contributed by atoms with Gasteiger partial charge in [0.2, 0.25) is 0 Å². The Bertz CT molecular complexity index is 473. The van der Waals surface area contributed by atoms with Crippen LogP contribution in [0.3, 0.4) is 0 Å². The Kier molecular flexibility index (Phi) is 2.75. The van der Waals surface area contributed by atoms with Crippen LogP contribution in [0.1, 0.15) is 6.42 Å². The van der Waals surface area contributed by atoms with Crippen molar-refractivity contribution in [3.05, 3.63) is 36.9 Å². The molecule has 5 nitrogen and oxygen atoms in total. The van der Waals surface area contributed by atoms with Gasteiger partial charge in [-0.25, -0.2) is 0 Å². The Morgan fingerprint density at radius 1 is 1.29 bits per heavy atom. The van der Waals surface area contributed by atoms with E-state index in [2.05, 4.69) is 33.0 Å². The summed E-state index contributed by atoms with van der Waals surface area (Å²) < 4.78 is 1.90. The molecule has 0 amide bonds. The lowest BCUT2D eigenvalue weighted by Crippen LogP contribution is -2.22. The van der Waals surface area contributed by atoms with E-state index in [0.717, 1.165) is 24.5 Å². The average Bonchev–Trinajstić information content (AvgIpc) is 3.01. The van der Waals surface area contributed by atoms with Crippen LogP contribution in [0, 0.1) is 0 Å². The van der Waals surface area contributed by atoms with E-state index >= 15 is 0 Å². The lowest BCUT2D eigenvalue weighted by atomic mass is 10.2. The molecule has 3 rings (SSSR count). The Morgan fingerprint density at radius 3 is 2.94 bits per heavy atom. The molecular formula is C12H15N5. The van der Waals surface area contributed by atoms with Gasteiger partial charge in [0.1, 0.15) is 12.7 Å². The van der Waals surface area contributed by atoms with E-state index in [1.165, 1.54) is 6.42 Å². The zero-order valence-corrected chi connectivity index (χ0v) is 9.50. The standard InChI is InChI=1S/C12H15N5/c1-2-10(16-11-4-5-13-7-11)6-12(3-1)17-8-14-15-9-17/h1-3,6,8-9,11,13,16H,4-5,7H2. The molecule has 0 spiro atoms. The van der Waals surface area contributed by atoms with Crippen molar-refractivity contribution in [3.8, 4) is 5.69 Å². The van der Waals surface area contributed by atoms with Crippen LogP contribution in [-0.2, 0) is 0 Å². The van der Waals surface area contributed by atoms with Gasteiger partial charge in [-0.05, 0) is 31.2 Å². The minimum Gasteiger partial charge on any atom is -0.381 e. The number of aromatic nitrogens is 3. The first-order valence-corrected chi connectivity index (χ1v) is 5.84. The molecule has 0 aliphatic carbocycles. The molecule has 1 aliphatic rings. The van der Waals surface area contributed by atoms with E-state index in [9.17, 15) is 0 Å². The van der Waals surface area contributed by atoms with E-state index in [0.29, 0.717) is 6.04 Å². The molecule has 5 heteroatoms. The number of nitrogens with zero attached hydrogens (tertiary/aromatic N) is 3. The molecule has 2 aromatic rings. The minimum absolute atomic E-state index is 0.533. The summed E-state index contributed by atoms with van der Waals surface area (Å²) in [6.07, 6.45) is 4.59. The predicted octanol–water partition coefficient (Wildman–Crippen LogP) is 1.04. The van der Waals surface area contributed by atoms with Crippen molar-refractivity contribution in [2.24, 2.45) is 0 Å². The first kappa shape index (κ1) is 10.3. The topological polar surface area (TPSA) is 54.8 Å². The van der Waals surface area contributed by atoms with Gasteiger partial charge in [-0.2, -0.15) is 0 Å². The summed E-state index contributed by atoms with van der Waals surface area (Å²) in [6.45, 7) is 2.14. The van der Waals surface area contributed by atoms with Gasteiger partial charge in [0, 0.05) is 18.3 Å². The second kappa shape index (κ2) is 4.55. The first-order chi connectivity index (χ1) is 8.42. The summed E-state index contributed by atoms with van der Waals surface area (Å²) in [4.78, 5) is 0. The van der Waals surface area contributed by atoms with Gasteiger partial charge in [-0.15, -0.1) is 10.2 Å². The molecule has 1 aromatic heterocycles. The largest absolute Gasteiger partial charge is 0.381 e. The van der Waals surface area contributed by atoms with Crippen LogP contribution in [-0.4, -0.2) is 33.9 Å². The fourth-order valence-electron chi connectivity index (χ4n) is 2.10. The molecule has 1 aliphatic heterocycles. The monoisotopic (exact) mass is 229 g/mol. The third-order valence-electron chi connectivity index (χ3n) is 2.99. The maximum atomic E-state index is 3.81. The number of nitrogens with one attached hydrogen (secondary N) is 2. The van der Waals surface area contributed by atoms with Crippen LogP contribution >= 0.6 is 0 Å². The van der Waals surface area contributed by atoms with E-state index in [4.69, 9.17) is 0 Å². The second-order valence-corrected chi connectivity index (χ2v) is 4.25. The molecule has 1 aromatic carbocycles. The molecule has 1 fully saturated rings. The summed E-state index contributed by atoms with van der Waals surface area (Å²) >= 11 is 0. The quantitative estimate of drug-likeness (QED) is 0.825. The van der Waals surface area contributed by atoms with Gasteiger partial charge in [-0.3, -0.25) is 4.57 Å². The van der Waals surface area contributed by atoms with Crippen molar-refractivity contribution in [2.45, 2.75) is 12.5 Å². The molecule has 0 saturated carbocycles. The summed E-state index contributed by atoms with van der Waals surface area (Å²) in [5.41, 5.74) is 2.22. The van der Waals surface area contributed by atoms with Crippen LogP contribution in [0.5, 0.6) is 0 Å². The number of benzene rings is 1. The Morgan fingerprint density at radius 2 is 2.18 bits per heavy atom. The van der Waals surface area contributed by atoms with Crippen molar-refractivity contribution >= 4 is 5.69 Å². The van der Waals surface area contributed by atoms with Crippen molar-refractivity contribution < 1.29 is 0 Å². The fraction of sp³-hybridized carbons (Fsp3) is 0.333. The summed E-state index contributed by atoms with van der Waals surface area (Å²) in [5.74, 6) is 0. The summed E-state index contributed by atoms with van der Waals surface area (Å²) in [5, 5.41) is 14.5. The number of hydrogen-bond donors (Lipinski definition) is 2. The molecular weight excluding hydrogens is 214 g/mol. The zero-order valence-electron chi connectivity index (χ0n) is 9.50. The molecule has 2 N–H and O–H groups in total. The third-order valence-corrected chi connectivity index (χ3v) is 2.99. The number of hydrogen-bond acceptors (Lipinski definition) is 4. The highest BCUT2D eigenvalue weighted by Crippen LogP contribution is 2.16. The highest BCUT2D eigenvalue weighted by atomic mass is 15.2. The number of rotatable bonds is 3. The van der Waals surface area contributed by atoms with E-state index in [1.54, 1.807) is 12.7 Å². The molecule has 2 heterocycles. The summed E-state index contributed by atoms with van der Waals surface area (Å²) in [6, 6.07) is 8.82. The van der Waals surface area contributed by atoms with Crippen LogP contribution < -0.4 is 10.6 Å². The third kappa shape index (κ3) is 2.29. The van der Waals surface area contributed by atoms with Crippen molar-refractivity contribution in [2.75, 3.05) is 18.4 Å². The van der Waals surface area contributed by atoms with Gasteiger partial charge in [0.05, 0.1) is 5.69 Å². The van der Waals surface area contributed by atoms with E-state index in [1.807, 2.05) is 16.7 Å². The van der Waals surface area contributed by atoms with Gasteiger partial charge in [0.15, 0.2) is 0 Å². The van der Waals surface area contributed by atoms with Crippen molar-refractivity contribution in [3.63, 3.8) is 0 Å². The van der Waals surface area contributed by atoms with Crippen LogP contribution in [0.2, 0.25) is 0 Å². The predicted molar refractivity (Wildman–Crippen MR) is 66.3 cm³/mol. The fourth-order valence-corrected chi connectivity index (χ4v) is 2.10. The maximum absolute atomic E-state index is 3.81. The van der Waals surface area contributed by atoms with Crippen LogP contribution in [0.15, 0.2) is 36.9 Å². The van der Waals surface area contributed by atoms with Gasteiger partial charge in [-0.1, -0.05) is 6.07 Å². The molecule has 88 valence electrons. The first-order valence-electron chi connectivity index (χ1n) is 5.84. The molecule has 1 atom stereocenters. The average molecular weight is 229 g/mol. The Labute approximate surface area is 99.9 Å². The van der Waals surface area contributed by atoms with E-state index in [-0.39, 0.29) is 0 Å². The molecule has 17 heavy (non-hydrogen) atoms. The van der Waals surface area contributed by atoms with Crippen LogP contribution in [0.25, 0.3) is 5.69 Å². The van der Waals surface area contributed by atoms with Gasteiger partial charge >= 0.3 is 0 Å². The highest BCUT2D eigenvalue weighted by Gasteiger charge is 2.13. The minimum atomic E-state index is 0.533. The van der Waals surface area contributed by atoms with Crippen molar-refractivity contribution in [1.29, 1.82) is 0 Å². The maximum Gasteiger partial charge on any atom is 0.123 e.